The number of ether oxygens (including phenoxy) is 1. The summed E-state index contributed by atoms with van der Waals surface area (Å²) in [6.07, 6.45) is 1.33. The van der Waals surface area contributed by atoms with E-state index in [0.29, 0.717) is 16.8 Å². The van der Waals surface area contributed by atoms with Gasteiger partial charge in [-0.1, -0.05) is 16.8 Å². The van der Waals surface area contributed by atoms with Gasteiger partial charge in [0.25, 0.3) is 5.71 Å². The van der Waals surface area contributed by atoms with E-state index >= 15 is 0 Å². The van der Waals surface area contributed by atoms with Crippen LogP contribution in [0.15, 0.2) is 10.7 Å². The van der Waals surface area contributed by atoms with E-state index in [1.807, 2.05) is 0 Å². The van der Waals surface area contributed by atoms with Gasteiger partial charge < -0.3 is 9.26 Å². The lowest BCUT2D eigenvalue weighted by molar-refractivity contribution is 0.0526. The summed E-state index contributed by atoms with van der Waals surface area (Å²) in [6, 6.07) is 0. The number of nitrogens with zero attached hydrogens (tertiary/aromatic N) is 2. The van der Waals surface area contributed by atoms with Crippen molar-refractivity contribution in [3.63, 3.8) is 0 Å². The summed E-state index contributed by atoms with van der Waals surface area (Å²) in [5.41, 5.74) is 1.14. The molecule has 0 amide bonds. The van der Waals surface area contributed by atoms with Crippen LogP contribution in [-0.2, 0) is 4.74 Å². The molecule has 6 heteroatoms. The zero-order valence-corrected chi connectivity index (χ0v) is 9.54. The van der Waals surface area contributed by atoms with E-state index in [9.17, 15) is 4.79 Å². The predicted octanol–water partition coefficient (Wildman–Crippen LogP) is 2.36. The summed E-state index contributed by atoms with van der Waals surface area (Å²) in [5, 5.41) is 4.54. The van der Waals surface area contributed by atoms with Crippen molar-refractivity contribution in [2.24, 2.45) is 0 Å². The van der Waals surface area contributed by atoms with Gasteiger partial charge in [0.05, 0.1) is 28.3 Å². The molecule has 0 N–H and O–H groups in total. The van der Waals surface area contributed by atoms with Gasteiger partial charge >= 0.3 is 5.97 Å². The molecule has 84 valence electrons. The van der Waals surface area contributed by atoms with Crippen LogP contribution in [0.25, 0.3) is 11.1 Å². The van der Waals surface area contributed by atoms with Crippen molar-refractivity contribution in [3.8, 4) is 0 Å². The molecule has 2 aromatic heterocycles. The number of esters is 1. The van der Waals surface area contributed by atoms with Crippen LogP contribution in [0.2, 0.25) is 5.02 Å². The molecule has 0 spiro atoms. The number of aryl methyl sites for hydroxylation is 1. The standard InChI is InChI=1S/C10H9ClN2O3/c1-3-15-10(14)6-4-12-9-7(8(6)11)5(2)13-16-9/h4H,3H2,1-2H3. The number of hydrogen-bond donors (Lipinski definition) is 0. The van der Waals surface area contributed by atoms with E-state index in [1.54, 1.807) is 13.8 Å². The van der Waals surface area contributed by atoms with Crippen molar-refractivity contribution in [3.05, 3.63) is 22.5 Å². The highest BCUT2D eigenvalue weighted by molar-refractivity contribution is 6.38. The van der Waals surface area contributed by atoms with Crippen LogP contribution in [-0.4, -0.2) is 22.7 Å². The van der Waals surface area contributed by atoms with Crippen LogP contribution < -0.4 is 0 Å². The molecule has 0 bridgehead atoms. The van der Waals surface area contributed by atoms with Gasteiger partial charge in [0.2, 0.25) is 0 Å². The summed E-state index contributed by atoms with van der Waals surface area (Å²) in [5.74, 6) is -0.498. The molecular weight excluding hydrogens is 232 g/mol. The first-order valence-electron chi connectivity index (χ1n) is 4.72. The van der Waals surface area contributed by atoms with Crippen LogP contribution in [0.3, 0.4) is 0 Å². The highest BCUT2D eigenvalue weighted by Gasteiger charge is 2.18. The normalized spacial score (nSPS) is 10.7. The fraction of sp³-hybridized carbons (Fsp3) is 0.300. The average Bonchev–Trinajstić information content (AvgIpc) is 2.62. The second-order valence-electron chi connectivity index (χ2n) is 3.15. The van der Waals surface area contributed by atoms with Gasteiger partial charge in [-0.25, -0.2) is 9.78 Å². The van der Waals surface area contributed by atoms with Crippen LogP contribution in [0, 0.1) is 6.92 Å². The molecule has 5 nitrogen and oxygen atoms in total. The van der Waals surface area contributed by atoms with Crippen LogP contribution >= 0.6 is 11.6 Å². The molecule has 0 saturated carbocycles. The third-order valence-electron chi connectivity index (χ3n) is 2.11. The minimum absolute atomic E-state index is 0.224. The summed E-state index contributed by atoms with van der Waals surface area (Å²) < 4.78 is 9.79. The van der Waals surface area contributed by atoms with Gasteiger partial charge in [-0.05, 0) is 13.8 Å². The number of rotatable bonds is 2. The molecule has 0 aliphatic heterocycles. The molecule has 0 aliphatic rings. The number of carbonyl (C=O) groups excluding carboxylic acids is 1. The molecule has 2 aromatic rings. The monoisotopic (exact) mass is 240 g/mol. The van der Waals surface area contributed by atoms with Crippen LogP contribution in [0.1, 0.15) is 23.0 Å². The molecular formula is C10H9ClN2O3. The van der Waals surface area contributed by atoms with E-state index < -0.39 is 5.97 Å². The Kier molecular flexibility index (Phi) is 2.78. The maximum absolute atomic E-state index is 11.5. The average molecular weight is 241 g/mol. The number of hydrogen-bond acceptors (Lipinski definition) is 5. The maximum atomic E-state index is 11.5. The van der Waals surface area contributed by atoms with Crippen LogP contribution in [0.5, 0.6) is 0 Å². The molecule has 0 atom stereocenters. The fourth-order valence-electron chi connectivity index (χ4n) is 1.36. The lowest BCUT2D eigenvalue weighted by Gasteiger charge is -2.03. The van der Waals surface area contributed by atoms with Gasteiger partial charge in [-0.3, -0.25) is 0 Å². The fourth-order valence-corrected chi connectivity index (χ4v) is 1.71. The maximum Gasteiger partial charge on any atom is 0.341 e. The third kappa shape index (κ3) is 1.63. The van der Waals surface area contributed by atoms with Crippen molar-refractivity contribution >= 4 is 28.7 Å². The van der Waals surface area contributed by atoms with Gasteiger partial charge in [-0.2, -0.15) is 0 Å². The molecule has 0 fully saturated rings. The Hall–Kier alpha value is -1.62. The molecule has 0 unspecified atom stereocenters. The Morgan fingerprint density at radius 1 is 1.62 bits per heavy atom. The van der Waals surface area contributed by atoms with E-state index in [1.165, 1.54) is 6.20 Å². The van der Waals surface area contributed by atoms with Crippen molar-refractivity contribution < 1.29 is 14.1 Å². The highest BCUT2D eigenvalue weighted by atomic mass is 35.5. The smallest absolute Gasteiger partial charge is 0.341 e. The van der Waals surface area contributed by atoms with E-state index in [2.05, 4.69) is 10.1 Å². The highest BCUT2D eigenvalue weighted by Crippen LogP contribution is 2.28. The van der Waals surface area contributed by atoms with Crippen molar-refractivity contribution in [2.45, 2.75) is 13.8 Å². The topological polar surface area (TPSA) is 65.2 Å². The summed E-state index contributed by atoms with van der Waals surface area (Å²) in [7, 11) is 0. The quantitative estimate of drug-likeness (QED) is 0.754. The zero-order valence-electron chi connectivity index (χ0n) is 8.78. The van der Waals surface area contributed by atoms with Gasteiger partial charge in [0.1, 0.15) is 0 Å². The number of fused-ring (bicyclic) bond motifs is 1. The summed E-state index contributed by atoms with van der Waals surface area (Å²) in [4.78, 5) is 15.5. The van der Waals surface area contributed by atoms with Gasteiger partial charge in [0, 0.05) is 6.20 Å². The number of aromatic nitrogens is 2. The molecule has 2 heterocycles. The van der Waals surface area contributed by atoms with Crippen molar-refractivity contribution in [1.29, 1.82) is 0 Å². The lowest BCUT2D eigenvalue weighted by atomic mass is 10.2. The van der Waals surface area contributed by atoms with Gasteiger partial charge in [0.15, 0.2) is 0 Å². The first-order valence-corrected chi connectivity index (χ1v) is 5.10. The predicted molar refractivity (Wildman–Crippen MR) is 57.5 cm³/mol. The molecule has 2 rings (SSSR count). The first-order chi connectivity index (χ1) is 7.65. The molecule has 0 saturated heterocycles. The number of halogens is 1. The second-order valence-corrected chi connectivity index (χ2v) is 3.53. The Morgan fingerprint density at radius 3 is 3.06 bits per heavy atom. The van der Waals surface area contributed by atoms with E-state index in [-0.39, 0.29) is 17.2 Å². The second kappa shape index (κ2) is 4.09. The Bertz CT molecular complexity index is 550. The van der Waals surface area contributed by atoms with E-state index in [0.717, 1.165) is 0 Å². The van der Waals surface area contributed by atoms with Crippen molar-refractivity contribution in [2.75, 3.05) is 6.61 Å². The Balaban J connectivity index is 2.59. The summed E-state index contributed by atoms with van der Waals surface area (Å²) >= 11 is 6.08. The molecule has 16 heavy (non-hydrogen) atoms. The molecule has 0 aromatic carbocycles. The minimum atomic E-state index is -0.498. The number of carbonyl (C=O) groups is 1. The zero-order chi connectivity index (χ0) is 11.7. The first kappa shape index (κ1) is 10.9. The SMILES string of the molecule is CCOC(=O)c1cnc2onc(C)c2c1Cl. The Morgan fingerprint density at radius 2 is 2.38 bits per heavy atom. The minimum Gasteiger partial charge on any atom is -0.462 e. The lowest BCUT2D eigenvalue weighted by Crippen LogP contribution is -2.06. The molecule has 0 aliphatic carbocycles. The molecule has 0 radical (unpaired) electrons. The largest absolute Gasteiger partial charge is 0.462 e. The number of pyridine rings is 1. The Labute approximate surface area is 96.3 Å². The van der Waals surface area contributed by atoms with E-state index in [4.69, 9.17) is 20.9 Å². The third-order valence-corrected chi connectivity index (χ3v) is 2.50. The van der Waals surface area contributed by atoms with Gasteiger partial charge in [-0.15, -0.1) is 0 Å². The summed E-state index contributed by atoms with van der Waals surface area (Å²) in [6.45, 7) is 3.74. The van der Waals surface area contributed by atoms with Crippen LogP contribution in [0.4, 0.5) is 0 Å². The van der Waals surface area contributed by atoms with Crippen molar-refractivity contribution in [1.82, 2.24) is 10.1 Å².